The second kappa shape index (κ2) is 5.26. The molecule has 20 heavy (non-hydrogen) atoms. The van der Waals surface area contributed by atoms with Crippen LogP contribution in [0.4, 0.5) is 4.79 Å². The smallest absolute Gasteiger partial charge is 0.410 e. The molecule has 0 saturated carbocycles. The van der Waals surface area contributed by atoms with Gasteiger partial charge in [-0.3, -0.25) is 4.79 Å². The van der Waals surface area contributed by atoms with E-state index in [0.29, 0.717) is 25.4 Å². The maximum Gasteiger partial charge on any atom is 0.410 e. The lowest BCUT2D eigenvalue weighted by Gasteiger charge is -2.40. The van der Waals surface area contributed by atoms with Crippen LogP contribution < -0.4 is 5.32 Å². The Balaban J connectivity index is 1.86. The van der Waals surface area contributed by atoms with Crippen LogP contribution >= 0.6 is 0 Å². The minimum Gasteiger partial charge on any atom is -0.444 e. The zero-order valence-electron chi connectivity index (χ0n) is 13.0. The van der Waals surface area contributed by atoms with Crippen LogP contribution in [0.3, 0.4) is 0 Å². The van der Waals surface area contributed by atoms with E-state index < -0.39 is 5.60 Å². The zero-order valence-corrected chi connectivity index (χ0v) is 13.0. The van der Waals surface area contributed by atoms with E-state index in [1.165, 1.54) is 0 Å². The van der Waals surface area contributed by atoms with Gasteiger partial charge in [0.15, 0.2) is 0 Å². The van der Waals surface area contributed by atoms with Crippen molar-refractivity contribution < 1.29 is 14.3 Å². The summed E-state index contributed by atoms with van der Waals surface area (Å²) in [5.74, 6) is 0.606. The summed E-state index contributed by atoms with van der Waals surface area (Å²) >= 11 is 0. The molecule has 2 aliphatic heterocycles. The molecule has 1 atom stereocenters. The van der Waals surface area contributed by atoms with Crippen molar-refractivity contribution in [1.82, 2.24) is 10.2 Å². The van der Waals surface area contributed by atoms with Gasteiger partial charge in [-0.05, 0) is 52.9 Å². The topological polar surface area (TPSA) is 58.6 Å². The summed E-state index contributed by atoms with van der Waals surface area (Å²) in [7, 11) is 0. The van der Waals surface area contributed by atoms with E-state index >= 15 is 0 Å². The molecule has 0 aliphatic carbocycles. The molecule has 0 radical (unpaired) electrons. The quantitative estimate of drug-likeness (QED) is 0.803. The van der Waals surface area contributed by atoms with Gasteiger partial charge in [0.1, 0.15) is 5.60 Å². The number of piperidine rings is 1. The Morgan fingerprint density at radius 3 is 2.40 bits per heavy atom. The molecule has 2 heterocycles. The van der Waals surface area contributed by atoms with Crippen LogP contribution in [0.2, 0.25) is 0 Å². The van der Waals surface area contributed by atoms with Gasteiger partial charge in [0.2, 0.25) is 5.91 Å². The predicted octanol–water partition coefficient (Wildman–Crippen LogP) is 2.30. The van der Waals surface area contributed by atoms with Crippen LogP contribution in [0.25, 0.3) is 0 Å². The standard InChI is InChI=1S/C15H26N2O3/c1-14(2,3)20-13(19)17-9-6-11(7-10-17)15(4)8-5-12(18)16-15/h11H,5-10H2,1-4H3,(H,16,18). The number of hydrogen-bond acceptors (Lipinski definition) is 3. The maximum absolute atomic E-state index is 12.0. The second-order valence-electron chi connectivity index (χ2n) is 7.21. The van der Waals surface area contributed by atoms with Crippen LogP contribution in [0.15, 0.2) is 0 Å². The van der Waals surface area contributed by atoms with E-state index in [2.05, 4.69) is 12.2 Å². The molecule has 2 aliphatic rings. The lowest BCUT2D eigenvalue weighted by atomic mass is 9.78. The van der Waals surface area contributed by atoms with Crippen molar-refractivity contribution in [3.05, 3.63) is 0 Å². The first-order valence-electron chi connectivity index (χ1n) is 7.48. The predicted molar refractivity (Wildman–Crippen MR) is 76.3 cm³/mol. The highest BCUT2D eigenvalue weighted by Gasteiger charge is 2.42. The molecular formula is C15H26N2O3. The number of carbonyl (C=O) groups is 2. The molecule has 2 amide bonds. The summed E-state index contributed by atoms with van der Waals surface area (Å²) in [6.07, 6.45) is 3.16. The van der Waals surface area contributed by atoms with Crippen molar-refractivity contribution in [3.63, 3.8) is 0 Å². The van der Waals surface area contributed by atoms with Gasteiger partial charge in [0, 0.05) is 25.0 Å². The minimum atomic E-state index is -0.445. The highest BCUT2D eigenvalue weighted by molar-refractivity contribution is 5.79. The molecule has 0 aromatic carbocycles. The van der Waals surface area contributed by atoms with Gasteiger partial charge in [-0.15, -0.1) is 0 Å². The highest BCUT2D eigenvalue weighted by Crippen LogP contribution is 2.35. The number of likely N-dealkylation sites (tertiary alicyclic amines) is 1. The molecule has 0 aromatic heterocycles. The molecule has 2 fully saturated rings. The third-order valence-corrected chi connectivity index (χ3v) is 4.34. The van der Waals surface area contributed by atoms with Crippen molar-refractivity contribution in [1.29, 1.82) is 0 Å². The molecule has 2 rings (SSSR count). The highest BCUT2D eigenvalue weighted by atomic mass is 16.6. The van der Waals surface area contributed by atoms with Crippen LogP contribution in [0.5, 0.6) is 0 Å². The van der Waals surface area contributed by atoms with Crippen LogP contribution in [-0.4, -0.2) is 41.1 Å². The lowest BCUT2D eigenvalue weighted by molar-refractivity contribution is -0.120. The summed E-state index contributed by atoms with van der Waals surface area (Å²) in [5.41, 5.74) is -0.531. The number of amides is 2. The van der Waals surface area contributed by atoms with Gasteiger partial charge in [-0.2, -0.15) is 0 Å². The minimum absolute atomic E-state index is 0.0862. The number of hydrogen-bond donors (Lipinski definition) is 1. The van der Waals surface area contributed by atoms with Crippen molar-refractivity contribution in [2.75, 3.05) is 13.1 Å². The summed E-state index contributed by atoms with van der Waals surface area (Å²) in [4.78, 5) is 25.2. The number of nitrogens with one attached hydrogen (secondary N) is 1. The first kappa shape index (κ1) is 15.1. The van der Waals surface area contributed by atoms with Crippen LogP contribution in [0, 0.1) is 5.92 Å². The molecule has 5 heteroatoms. The van der Waals surface area contributed by atoms with Gasteiger partial charge < -0.3 is 15.0 Å². The summed E-state index contributed by atoms with van der Waals surface area (Å²) in [6.45, 7) is 9.20. The van der Waals surface area contributed by atoms with Crippen molar-refractivity contribution >= 4 is 12.0 Å². The Labute approximate surface area is 121 Å². The fraction of sp³-hybridized carbons (Fsp3) is 0.867. The fourth-order valence-corrected chi connectivity index (χ4v) is 3.15. The second-order valence-corrected chi connectivity index (χ2v) is 7.21. The molecule has 2 saturated heterocycles. The van der Waals surface area contributed by atoms with Gasteiger partial charge >= 0.3 is 6.09 Å². The Hall–Kier alpha value is -1.26. The molecule has 5 nitrogen and oxygen atoms in total. The fourth-order valence-electron chi connectivity index (χ4n) is 3.15. The average molecular weight is 282 g/mol. The number of ether oxygens (including phenoxy) is 1. The van der Waals surface area contributed by atoms with Crippen LogP contribution in [-0.2, 0) is 9.53 Å². The number of carbonyl (C=O) groups excluding carboxylic acids is 2. The van der Waals surface area contributed by atoms with E-state index in [-0.39, 0.29) is 17.5 Å². The number of nitrogens with zero attached hydrogens (tertiary/aromatic N) is 1. The van der Waals surface area contributed by atoms with E-state index in [9.17, 15) is 9.59 Å². The Bertz CT molecular complexity index is 394. The van der Waals surface area contributed by atoms with Gasteiger partial charge in [-0.1, -0.05) is 0 Å². The van der Waals surface area contributed by atoms with Gasteiger partial charge in [-0.25, -0.2) is 4.79 Å². The molecule has 1 N–H and O–H groups in total. The van der Waals surface area contributed by atoms with Crippen LogP contribution in [0.1, 0.15) is 53.4 Å². The molecule has 0 bridgehead atoms. The molecule has 0 aromatic rings. The number of rotatable bonds is 1. The van der Waals surface area contributed by atoms with E-state index in [0.717, 1.165) is 19.3 Å². The molecular weight excluding hydrogens is 256 g/mol. The summed E-state index contributed by atoms with van der Waals surface area (Å²) < 4.78 is 5.40. The Kier molecular flexibility index (Phi) is 3.98. The normalized spacial score (nSPS) is 28.4. The molecule has 1 unspecified atom stereocenters. The Morgan fingerprint density at radius 2 is 1.95 bits per heavy atom. The van der Waals surface area contributed by atoms with Gasteiger partial charge in [0.05, 0.1) is 0 Å². The van der Waals surface area contributed by atoms with Crippen molar-refractivity contribution in [2.45, 2.75) is 64.5 Å². The maximum atomic E-state index is 12.0. The van der Waals surface area contributed by atoms with E-state index in [1.54, 1.807) is 4.90 Å². The van der Waals surface area contributed by atoms with Crippen molar-refractivity contribution in [2.24, 2.45) is 5.92 Å². The van der Waals surface area contributed by atoms with E-state index in [4.69, 9.17) is 4.74 Å². The van der Waals surface area contributed by atoms with E-state index in [1.807, 2.05) is 20.8 Å². The zero-order chi connectivity index (χ0) is 15.0. The van der Waals surface area contributed by atoms with Crippen molar-refractivity contribution in [3.8, 4) is 0 Å². The average Bonchev–Trinajstić information content (AvgIpc) is 2.69. The van der Waals surface area contributed by atoms with Gasteiger partial charge in [0.25, 0.3) is 0 Å². The lowest BCUT2D eigenvalue weighted by Crippen LogP contribution is -2.51. The molecule has 0 spiro atoms. The first-order chi connectivity index (χ1) is 9.20. The largest absolute Gasteiger partial charge is 0.444 e. The third kappa shape index (κ3) is 3.44. The SMILES string of the molecule is CC(C)(C)OC(=O)N1CCC(C2(C)CCC(=O)N2)CC1. The third-order valence-electron chi connectivity index (χ3n) is 4.34. The summed E-state index contributed by atoms with van der Waals surface area (Å²) in [6, 6.07) is 0. The monoisotopic (exact) mass is 282 g/mol. The summed E-state index contributed by atoms with van der Waals surface area (Å²) in [5, 5.41) is 3.11. The Morgan fingerprint density at radius 1 is 1.35 bits per heavy atom. The molecule has 114 valence electrons. The first-order valence-corrected chi connectivity index (χ1v) is 7.48.